The van der Waals surface area contributed by atoms with Gasteiger partial charge in [0, 0.05) is 6.54 Å². The number of amides is 1. The fraction of sp³-hybridized carbons (Fsp3) is 0.304. The van der Waals surface area contributed by atoms with E-state index in [9.17, 15) is 4.79 Å². The van der Waals surface area contributed by atoms with E-state index in [1.807, 2.05) is 57.2 Å². The van der Waals surface area contributed by atoms with E-state index < -0.39 is 0 Å². The second-order valence-corrected chi connectivity index (χ2v) is 8.48. The number of nitrogens with zero attached hydrogens (tertiary/aromatic N) is 1. The number of methoxy groups -OCH3 is 1. The lowest BCUT2D eigenvalue weighted by Crippen LogP contribution is -2.27. The van der Waals surface area contributed by atoms with Crippen molar-refractivity contribution in [2.24, 2.45) is 0 Å². The molecule has 0 bridgehead atoms. The maximum Gasteiger partial charge on any atom is 0.266 e. The van der Waals surface area contributed by atoms with Gasteiger partial charge in [-0.05, 0) is 61.7 Å². The number of thiocarbonyl (C=S) groups is 1. The molecule has 0 saturated carbocycles. The van der Waals surface area contributed by atoms with Crippen molar-refractivity contribution >= 4 is 40.3 Å². The summed E-state index contributed by atoms with van der Waals surface area (Å²) in [4.78, 5) is 14.6. The summed E-state index contributed by atoms with van der Waals surface area (Å²) in [6.45, 7) is 7.35. The van der Waals surface area contributed by atoms with Crippen molar-refractivity contribution in [2.75, 3.05) is 26.9 Å². The minimum atomic E-state index is -0.0598. The molecule has 1 heterocycles. The Morgan fingerprint density at radius 2 is 1.77 bits per heavy atom. The lowest BCUT2D eigenvalue weighted by atomic mass is 10.1. The van der Waals surface area contributed by atoms with Crippen molar-refractivity contribution in [1.82, 2.24) is 4.90 Å². The van der Waals surface area contributed by atoms with E-state index in [-0.39, 0.29) is 5.91 Å². The smallest absolute Gasteiger partial charge is 0.266 e. The average molecular weight is 444 g/mol. The first-order valence-corrected chi connectivity index (χ1v) is 10.9. The highest BCUT2D eigenvalue weighted by Gasteiger charge is 2.30. The molecule has 5 nitrogen and oxygen atoms in total. The molecule has 30 heavy (non-hydrogen) atoms. The van der Waals surface area contributed by atoms with Crippen molar-refractivity contribution < 1.29 is 19.0 Å². The molecule has 1 saturated heterocycles. The Kier molecular flexibility index (Phi) is 7.39. The SMILES string of the molecule is CCN1C(=O)C(=Cc2ccc(OCCOc3cc(C)ccc3C)c(OC)c2)SC1=S. The average Bonchev–Trinajstić information content (AvgIpc) is 3.00. The quantitative estimate of drug-likeness (QED) is 0.325. The standard InChI is InChI=1S/C23H25NO4S2/c1-5-24-22(25)21(30-23(24)29)14-17-8-9-18(20(13-17)26-4)27-10-11-28-19-12-15(2)6-7-16(19)3/h6-9,12-14H,5,10-11H2,1-4H3. The number of rotatable bonds is 8. The number of carbonyl (C=O) groups is 1. The van der Waals surface area contributed by atoms with E-state index in [1.54, 1.807) is 12.0 Å². The molecule has 2 aromatic carbocycles. The molecule has 0 atom stereocenters. The number of ether oxygens (including phenoxy) is 3. The monoisotopic (exact) mass is 443 g/mol. The lowest BCUT2D eigenvalue weighted by molar-refractivity contribution is -0.121. The van der Waals surface area contributed by atoms with Crippen LogP contribution in [0, 0.1) is 13.8 Å². The summed E-state index contributed by atoms with van der Waals surface area (Å²) in [6.07, 6.45) is 1.82. The van der Waals surface area contributed by atoms with Crippen LogP contribution in [0.5, 0.6) is 17.2 Å². The second kappa shape index (κ2) is 10.00. The first-order valence-electron chi connectivity index (χ1n) is 9.69. The van der Waals surface area contributed by atoms with Gasteiger partial charge in [-0.2, -0.15) is 0 Å². The van der Waals surface area contributed by atoms with E-state index in [1.165, 1.54) is 11.8 Å². The van der Waals surface area contributed by atoms with Crippen LogP contribution in [0.15, 0.2) is 41.3 Å². The highest BCUT2D eigenvalue weighted by Crippen LogP contribution is 2.34. The van der Waals surface area contributed by atoms with Gasteiger partial charge in [0.15, 0.2) is 11.5 Å². The summed E-state index contributed by atoms with van der Waals surface area (Å²) in [6, 6.07) is 11.7. The summed E-state index contributed by atoms with van der Waals surface area (Å²) in [7, 11) is 1.59. The normalized spacial score (nSPS) is 15.1. The minimum absolute atomic E-state index is 0.0598. The topological polar surface area (TPSA) is 48.0 Å². The Labute approximate surface area is 187 Å². The molecular weight excluding hydrogens is 418 g/mol. The van der Waals surface area contributed by atoms with Crippen LogP contribution in [0.3, 0.4) is 0 Å². The Bertz CT molecular complexity index is 987. The van der Waals surface area contributed by atoms with Gasteiger partial charge < -0.3 is 14.2 Å². The van der Waals surface area contributed by atoms with Gasteiger partial charge in [0.2, 0.25) is 0 Å². The van der Waals surface area contributed by atoms with Crippen LogP contribution in [0.2, 0.25) is 0 Å². The molecule has 0 spiro atoms. The van der Waals surface area contributed by atoms with Gasteiger partial charge in [-0.25, -0.2) is 0 Å². The largest absolute Gasteiger partial charge is 0.493 e. The Morgan fingerprint density at radius 3 is 2.43 bits per heavy atom. The van der Waals surface area contributed by atoms with Crippen LogP contribution in [0.25, 0.3) is 6.08 Å². The van der Waals surface area contributed by atoms with Crippen molar-refractivity contribution in [3.63, 3.8) is 0 Å². The zero-order valence-electron chi connectivity index (χ0n) is 17.6. The van der Waals surface area contributed by atoms with Crippen molar-refractivity contribution in [3.05, 3.63) is 58.0 Å². The summed E-state index contributed by atoms with van der Waals surface area (Å²) < 4.78 is 17.7. The van der Waals surface area contributed by atoms with Gasteiger partial charge in [0.25, 0.3) is 5.91 Å². The molecule has 7 heteroatoms. The highest BCUT2D eigenvalue weighted by molar-refractivity contribution is 8.26. The van der Waals surface area contributed by atoms with Gasteiger partial charge in [0.05, 0.1) is 12.0 Å². The fourth-order valence-corrected chi connectivity index (χ4v) is 4.37. The third kappa shape index (κ3) is 5.15. The number of likely N-dealkylation sites (N-methyl/N-ethyl adjacent to an activating group) is 1. The predicted octanol–water partition coefficient (Wildman–Crippen LogP) is 4.99. The molecule has 0 aliphatic carbocycles. The van der Waals surface area contributed by atoms with E-state index in [0.717, 1.165) is 22.4 Å². The van der Waals surface area contributed by atoms with Crippen molar-refractivity contribution in [2.45, 2.75) is 20.8 Å². The molecule has 1 amide bonds. The molecule has 0 unspecified atom stereocenters. The molecule has 0 radical (unpaired) electrons. The number of benzene rings is 2. The molecule has 158 valence electrons. The zero-order chi connectivity index (χ0) is 21.7. The molecule has 2 aromatic rings. The Balaban J connectivity index is 1.63. The fourth-order valence-electron chi connectivity index (χ4n) is 2.98. The predicted molar refractivity (Wildman–Crippen MR) is 125 cm³/mol. The van der Waals surface area contributed by atoms with Crippen LogP contribution in [0.4, 0.5) is 0 Å². The summed E-state index contributed by atoms with van der Waals surface area (Å²) in [5, 5.41) is 0. The lowest BCUT2D eigenvalue weighted by Gasteiger charge is -2.13. The van der Waals surface area contributed by atoms with Gasteiger partial charge in [-0.3, -0.25) is 9.69 Å². The van der Waals surface area contributed by atoms with Crippen LogP contribution in [-0.4, -0.2) is 42.0 Å². The molecule has 0 N–H and O–H groups in total. The van der Waals surface area contributed by atoms with Gasteiger partial charge in [0.1, 0.15) is 23.3 Å². The number of hydrogen-bond donors (Lipinski definition) is 0. The Morgan fingerprint density at radius 1 is 1.03 bits per heavy atom. The van der Waals surface area contributed by atoms with E-state index in [4.69, 9.17) is 26.4 Å². The van der Waals surface area contributed by atoms with Crippen molar-refractivity contribution in [3.8, 4) is 17.2 Å². The molecule has 3 rings (SSSR count). The summed E-state index contributed by atoms with van der Waals surface area (Å²) in [5.41, 5.74) is 3.10. The van der Waals surface area contributed by atoms with E-state index >= 15 is 0 Å². The van der Waals surface area contributed by atoms with Crippen LogP contribution in [0.1, 0.15) is 23.6 Å². The summed E-state index contributed by atoms with van der Waals surface area (Å²) >= 11 is 6.58. The first-order chi connectivity index (χ1) is 14.4. The maximum absolute atomic E-state index is 12.4. The Hall–Kier alpha value is -2.51. The van der Waals surface area contributed by atoms with Crippen LogP contribution >= 0.6 is 24.0 Å². The maximum atomic E-state index is 12.4. The molecule has 1 fully saturated rings. The molecule has 1 aliphatic rings. The third-order valence-electron chi connectivity index (χ3n) is 4.62. The zero-order valence-corrected chi connectivity index (χ0v) is 19.2. The van der Waals surface area contributed by atoms with E-state index in [0.29, 0.717) is 40.5 Å². The van der Waals surface area contributed by atoms with Crippen molar-refractivity contribution in [1.29, 1.82) is 0 Å². The highest BCUT2D eigenvalue weighted by atomic mass is 32.2. The number of hydrogen-bond acceptors (Lipinski definition) is 6. The second-order valence-electron chi connectivity index (χ2n) is 6.80. The first kappa shape index (κ1) is 22.2. The molecule has 1 aliphatic heterocycles. The van der Waals surface area contributed by atoms with E-state index in [2.05, 4.69) is 6.07 Å². The molecular formula is C23H25NO4S2. The number of aryl methyl sites for hydroxylation is 2. The van der Waals surface area contributed by atoms with Gasteiger partial charge >= 0.3 is 0 Å². The van der Waals surface area contributed by atoms with Gasteiger partial charge in [-0.15, -0.1) is 0 Å². The number of carbonyl (C=O) groups excluding carboxylic acids is 1. The van der Waals surface area contributed by atoms with Crippen LogP contribution < -0.4 is 14.2 Å². The van der Waals surface area contributed by atoms with Crippen LogP contribution in [-0.2, 0) is 4.79 Å². The summed E-state index contributed by atoms with van der Waals surface area (Å²) in [5.74, 6) is 2.03. The molecule has 0 aromatic heterocycles. The minimum Gasteiger partial charge on any atom is -0.493 e. The number of thioether (sulfide) groups is 1. The van der Waals surface area contributed by atoms with Gasteiger partial charge in [-0.1, -0.05) is 42.2 Å². The third-order valence-corrected chi connectivity index (χ3v) is 6.00.